The number of ether oxygens (including phenoxy) is 1. The highest BCUT2D eigenvalue weighted by Crippen LogP contribution is 2.26. The molecule has 0 radical (unpaired) electrons. The Morgan fingerprint density at radius 3 is 2.65 bits per heavy atom. The molecule has 6 nitrogen and oxygen atoms in total. The van der Waals surface area contributed by atoms with Crippen LogP contribution in [0.25, 0.3) is 0 Å². The summed E-state index contributed by atoms with van der Waals surface area (Å²) in [5.41, 5.74) is 8.88. The largest absolute Gasteiger partial charge is 0.495 e. The van der Waals surface area contributed by atoms with Gasteiger partial charge in [0.15, 0.2) is 0 Å². The smallest absolute Gasteiger partial charge is 0.276 e. The fourth-order valence-corrected chi connectivity index (χ4v) is 2.03. The molecule has 0 aliphatic heterocycles. The molecule has 0 unspecified atom stereocenters. The number of aryl methyl sites for hydroxylation is 3. The number of nitrogens with zero attached hydrogens (tertiary/aromatic N) is 2. The van der Waals surface area contributed by atoms with Gasteiger partial charge in [0, 0.05) is 7.05 Å². The van der Waals surface area contributed by atoms with E-state index >= 15 is 0 Å². The summed E-state index contributed by atoms with van der Waals surface area (Å²) in [6.07, 6.45) is 0. The highest BCUT2D eigenvalue weighted by molar-refractivity contribution is 6.07. The van der Waals surface area contributed by atoms with Crippen molar-refractivity contribution in [2.75, 3.05) is 18.2 Å². The van der Waals surface area contributed by atoms with Crippen LogP contribution in [-0.2, 0) is 7.05 Å². The predicted molar refractivity (Wildman–Crippen MR) is 78.0 cm³/mol. The topological polar surface area (TPSA) is 82.2 Å². The van der Waals surface area contributed by atoms with E-state index in [0.717, 1.165) is 5.56 Å². The third-order valence-electron chi connectivity index (χ3n) is 3.09. The van der Waals surface area contributed by atoms with Gasteiger partial charge in [0.25, 0.3) is 5.91 Å². The Morgan fingerprint density at radius 1 is 1.40 bits per heavy atom. The minimum atomic E-state index is -0.312. The summed E-state index contributed by atoms with van der Waals surface area (Å²) in [5.74, 6) is 0.295. The van der Waals surface area contributed by atoms with E-state index in [0.29, 0.717) is 28.5 Å². The second kappa shape index (κ2) is 5.24. The number of nitrogens with one attached hydrogen (secondary N) is 1. The van der Waals surface area contributed by atoms with Crippen LogP contribution < -0.4 is 15.8 Å². The van der Waals surface area contributed by atoms with E-state index in [1.807, 2.05) is 19.1 Å². The quantitative estimate of drug-likeness (QED) is 0.895. The molecule has 0 saturated heterocycles. The monoisotopic (exact) mass is 274 g/mol. The molecule has 0 bridgehead atoms. The fraction of sp³-hybridized carbons (Fsp3) is 0.286. The standard InChI is InChI=1S/C14H18N4O2/c1-8-5-6-10(11(7-8)20-4)16-14(19)13-12(15)9(2)17-18(13)3/h5-7H,15H2,1-4H3,(H,16,19). The van der Waals surface area contributed by atoms with Gasteiger partial charge in [-0.05, 0) is 31.5 Å². The molecular weight excluding hydrogens is 256 g/mol. The molecule has 1 heterocycles. The Kier molecular flexibility index (Phi) is 3.65. The second-order valence-corrected chi connectivity index (χ2v) is 4.63. The Hall–Kier alpha value is -2.50. The molecular formula is C14H18N4O2. The van der Waals surface area contributed by atoms with Crippen molar-refractivity contribution in [2.45, 2.75) is 13.8 Å². The van der Waals surface area contributed by atoms with Crippen molar-refractivity contribution in [1.82, 2.24) is 9.78 Å². The van der Waals surface area contributed by atoms with Crippen molar-refractivity contribution in [3.8, 4) is 5.75 Å². The normalized spacial score (nSPS) is 10.4. The lowest BCUT2D eigenvalue weighted by molar-refractivity contribution is 0.101. The molecule has 1 aromatic heterocycles. The third-order valence-corrected chi connectivity index (χ3v) is 3.09. The van der Waals surface area contributed by atoms with Gasteiger partial charge in [-0.25, -0.2) is 0 Å². The van der Waals surface area contributed by atoms with E-state index in [2.05, 4.69) is 10.4 Å². The average Bonchev–Trinajstić information content (AvgIpc) is 2.65. The molecule has 3 N–H and O–H groups in total. The van der Waals surface area contributed by atoms with E-state index in [4.69, 9.17) is 10.5 Å². The predicted octanol–water partition coefficient (Wildman–Crippen LogP) is 1.88. The molecule has 0 spiro atoms. The molecule has 2 rings (SSSR count). The van der Waals surface area contributed by atoms with Crippen LogP contribution in [0.15, 0.2) is 18.2 Å². The third kappa shape index (κ3) is 2.45. The van der Waals surface area contributed by atoms with Gasteiger partial charge in [-0.15, -0.1) is 0 Å². The maximum absolute atomic E-state index is 12.3. The number of nitrogen functional groups attached to an aromatic ring is 1. The van der Waals surface area contributed by atoms with Crippen LogP contribution in [0.4, 0.5) is 11.4 Å². The Morgan fingerprint density at radius 2 is 2.10 bits per heavy atom. The lowest BCUT2D eigenvalue weighted by Crippen LogP contribution is -2.18. The molecule has 6 heteroatoms. The molecule has 1 amide bonds. The van der Waals surface area contributed by atoms with E-state index < -0.39 is 0 Å². The molecule has 0 saturated carbocycles. The van der Waals surface area contributed by atoms with Crippen molar-refractivity contribution < 1.29 is 9.53 Å². The lowest BCUT2D eigenvalue weighted by atomic mass is 10.2. The van der Waals surface area contributed by atoms with Crippen LogP contribution in [-0.4, -0.2) is 22.8 Å². The number of anilines is 2. The number of carbonyl (C=O) groups excluding carboxylic acids is 1. The van der Waals surface area contributed by atoms with Gasteiger partial charge in [0.2, 0.25) is 0 Å². The number of benzene rings is 1. The van der Waals surface area contributed by atoms with Crippen molar-refractivity contribution in [2.24, 2.45) is 7.05 Å². The van der Waals surface area contributed by atoms with E-state index in [1.54, 1.807) is 27.1 Å². The number of methoxy groups -OCH3 is 1. The summed E-state index contributed by atoms with van der Waals surface area (Å²) in [4.78, 5) is 12.3. The minimum Gasteiger partial charge on any atom is -0.495 e. The van der Waals surface area contributed by atoms with Crippen molar-refractivity contribution in [3.63, 3.8) is 0 Å². The molecule has 20 heavy (non-hydrogen) atoms. The highest BCUT2D eigenvalue weighted by Gasteiger charge is 2.19. The fourth-order valence-electron chi connectivity index (χ4n) is 2.03. The van der Waals surface area contributed by atoms with Crippen LogP contribution in [0.5, 0.6) is 5.75 Å². The number of hydrogen-bond acceptors (Lipinski definition) is 4. The van der Waals surface area contributed by atoms with Gasteiger partial charge in [-0.2, -0.15) is 5.10 Å². The summed E-state index contributed by atoms with van der Waals surface area (Å²) >= 11 is 0. The number of hydrogen-bond donors (Lipinski definition) is 2. The molecule has 0 fully saturated rings. The maximum Gasteiger partial charge on any atom is 0.276 e. The molecule has 0 aliphatic carbocycles. The number of carbonyl (C=O) groups is 1. The Balaban J connectivity index is 2.33. The summed E-state index contributed by atoms with van der Waals surface area (Å²) < 4.78 is 6.73. The first-order valence-electron chi connectivity index (χ1n) is 6.19. The average molecular weight is 274 g/mol. The van der Waals surface area contributed by atoms with Gasteiger partial charge in [-0.3, -0.25) is 9.48 Å². The zero-order valence-corrected chi connectivity index (χ0v) is 12.0. The van der Waals surface area contributed by atoms with E-state index in [1.165, 1.54) is 4.68 Å². The van der Waals surface area contributed by atoms with Crippen LogP contribution in [0.3, 0.4) is 0 Å². The molecule has 106 valence electrons. The van der Waals surface area contributed by atoms with Crippen LogP contribution >= 0.6 is 0 Å². The Labute approximate surface area is 117 Å². The van der Waals surface area contributed by atoms with E-state index in [9.17, 15) is 4.79 Å². The van der Waals surface area contributed by atoms with Crippen molar-refractivity contribution >= 4 is 17.3 Å². The van der Waals surface area contributed by atoms with Crippen LogP contribution in [0.1, 0.15) is 21.7 Å². The summed E-state index contributed by atoms with van der Waals surface area (Å²) in [7, 11) is 3.25. The first-order chi connectivity index (χ1) is 9.43. The van der Waals surface area contributed by atoms with Gasteiger partial charge in [-0.1, -0.05) is 6.07 Å². The Bertz CT molecular complexity index is 661. The SMILES string of the molecule is COc1cc(C)ccc1NC(=O)c1c(N)c(C)nn1C. The molecule has 0 atom stereocenters. The van der Waals surface area contributed by atoms with Gasteiger partial charge >= 0.3 is 0 Å². The van der Waals surface area contributed by atoms with Gasteiger partial charge in [0.05, 0.1) is 24.2 Å². The number of nitrogens with two attached hydrogens (primary N) is 1. The summed E-state index contributed by atoms with van der Waals surface area (Å²) in [6.45, 7) is 3.72. The lowest BCUT2D eigenvalue weighted by Gasteiger charge is -2.11. The maximum atomic E-state index is 12.3. The highest BCUT2D eigenvalue weighted by atomic mass is 16.5. The zero-order chi connectivity index (χ0) is 14.9. The zero-order valence-electron chi connectivity index (χ0n) is 12.0. The summed E-state index contributed by atoms with van der Waals surface area (Å²) in [5, 5.41) is 6.92. The molecule has 1 aromatic carbocycles. The van der Waals surface area contributed by atoms with Crippen molar-refractivity contribution in [1.29, 1.82) is 0 Å². The number of rotatable bonds is 3. The van der Waals surface area contributed by atoms with Gasteiger partial charge < -0.3 is 15.8 Å². The van der Waals surface area contributed by atoms with E-state index in [-0.39, 0.29) is 5.91 Å². The first kappa shape index (κ1) is 13.9. The second-order valence-electron chi connectivity index (χ2n) is 4.63. The minimum absolute atomic E-state index is 0.312. The van der Waals surface area contributed by atoms with Crippen LogP contribution in [0, 0.1) is 13.8 Å². The number of aromatic nitrogens is 2. The number of amides is 1. The van der Waals surface area contributed by atoms with Crippen LogP contribution in [0.2, 0.25) is 0 Å². The summed E-state index contributed by atoms with van der Waals surface area (Å²) in [6, 6.07) is 5.55. The van der Waals surface area contributed by atoms with Gasteiger partial charge in [0.1, 0.15) is 11.4 Å². The first-order valence-corrected chi connectivity index (χ1v) is 6.19. The molecule has 0 aliphatic rings. The van der Waals surface area contributed by atoms with Crippen molar-refractivity contribution in [3.05, 3.63) is 35.2 Å². The molecule has 2 aromatic rings.